The lowest BCUT2D eigenvalue weighted by Crippen LogP contribution is -2.30. The van der Waals surface area contributed by atoms with Crippen LogP contribution in [0, 0.1) is 17.1 Å². The van der Waals surface area contributed by atoms with Gasteiger partial charge in [0.25, 0.3) is 5.91 Å². The predicted octanol–water partition coefficient (Wildman–Crippen LogP) is 4.55. The van der Waals surface area contributed by atoms with Crippen molar-refractivity contribution >= 4 is 11.6 Å². The number of hydrogen-bond acceptors (Lipinski definition) is 3. The van der Waals surface area contributed by atoms with E-state index in [4.69, 9.17) is 0 Å². The highest BCUT2D eigenvalue weighted by Gasteiger charge is 2.19. The van der Waals surface area contributed by atoms with Crippen molar-refractivity contribution in [2.45, 2.75) is 6.04 Å². The summed E-state index contributed by atoms with van der Waals surface area (Å²) in [6.07, 6.45) is 1.32. The van der Waals surface area contributed by atoms with Gasteiger partial charge in [0, 0.05) is 11.9 Å². The second kappa shape index (κ2) is 9.15. The average Bonchev–Trinajstić information content (AvgIpc) is 2.75. The van der Waals surface area contributed by atoms with Gasteiger partial charge in [-0.05, 0) is 35.4 Å². The first-order valence-corrected chi connectivity index (χ1v) is 8.70. The van der Waals surface area contributed by atoms with Crippen LogP contribution in [0.25, 0.3) is 0 Å². The van der Waals surface area contributed by atoms with Crippen LogP contribution in [0.3, 0.4) is 0 Å². The van der Waals surface area contributed by atoms with Crippen molar-refractivity contribution in [3.05, 3.63) is 114 Å². The Bertz CT molecular complexity index is 954. The van der Waals surface area contributed by atoms with Crippen LogP contribution in [0.4, 0.5) is 10.1 Å². The van der Waals surface area contributed by atoms with E-state index in [0.717, 1.165) is 11.1 Å². The molecule has 0 aromatic heterocycles. The number of halogens is 1. The fraction of sp³-hybridized carbons (Fsp3) is 0.0435. The van der Waals surface area contributed by atoms with Gasteiger partial charge >= 0.3 is 0 Å². The summed E-state index contributed by atoms with van der Waals surface area (Å²) in [6, 6.07) is 26.2. The van der Waals surface area contributed by atoms with Crippen molar-refractivity contribution in [1.29, 1.82) is 5.26 Å². The number of rotatable bonds is 6. The number of nitrogens with zero attached hydrogens (tertiary/aromatic N) is 1. The van der Waals surface area contributed by atoms with E-state index in [9.17, 15) is 14.4 Å². The molecule has 0 aliphatic heterocycles. The lowest BCUT2D eigenvalue weighted by Gasteiger charge is -2.19. The molecule has 0 aliphatic carbocycles. The molecule has 4 nitrogen and oxygen atoms in total. The van der Waals surface area contributed by atoms with E-state index < -0.39 is 11.9 Å². The normalized spacial score (nSPS) is 11.0. The summed E-state index contributed by atoms with van der Waals surface area (Å²) < 4.78 is 13.0. The van der Waals surface area contributed by atoms with Gasteiger partial charge in [0.2, 0.25) is 0 Å². The summed E-state index contributed by atoms with van der Waals surface area (Å²) in [5.74, 6) is -0.865. The molecule has 138 valence electrons. The molecule has 0 fully saturated rings. The molecule has 0 unspecified atom stereocenters. The SMILES string of the molecule is N#C/C(=C/Nc1ccc(F)cc1)C(=O)NC(c1ccccc1)c1ccccc1. The monoisotopic (exact) mass is 371 g/mol. The number of nitrogens with one attached hydrogen (secondary N) is 2. The first-order chi connectivity index (χ1) is 13.7. The molecule has 0 atom stereocenters. The van der Waals surface area contributed by atoms with Gasteiger partial charge in [0.15, 0.2) is 0 Å². The number of amides is 1. The van der Waals surface area contributed by atoms with Crippen molar-refractivity contribution in [3.8, 4) is 6.07 Å². The number of benzene rings is 3. The van der Waals surface area contributed by atoms with Gasteiger partial charge in [-0.3, -0.25) is 4.79 Å². The van der Waals surface area contributed by atoms with Gasteiger partial charge in [-0.1, -0.05) is 60.7 Å². The van der Waals surface area contributed by atoms with Crippen molar-refractivity contribution < 1.29 is 9.18 Å². The first-order valence-electron chi connectivity index (χ1n) is 8.70. The Morgan fingerprint density at radius 2 is 1.43 bits per heavy atom. The van der Waals surface area contributed by atoms with Crippen LogP contribution < -0.4 is 10.6 Å². The van der Waals surface area contributed by atoms with Crippen LogP contribution in [-0.2, 0) is 4.79 Å². The zero-order valence-electron chi connectivity index (χ0n) is 15.0. The standard InChI is InChI=1S/C23H18FN3O/c24-20-11-13-21(14-12-20)26-16-19(15-25)23(28)27-22(17-7-3-1-4-8-17)18-9-5-2-6-10-18/h1-14,16,22,26H,(H,27,28)/b19-16-. The minimum atomic E-state index is -0.505. The zero-order valence-corrected chi connectivity index (χ0v) is 15.0. The molecule has 5 heteroatoms. The number of nitriles is 1. The second-order valence-corrected chi connectivity index (χ2v) is 6.05. The highest BCUT2D eigenvalue weighted by Crippen LogP contribution is 2.22. The summed E-state index contributed by atoms with van der Waals surface area (Å²) in [6.45, 7) is 0. The second-order valence-electron chi connectivity index (χ2n) is 6.05. The Kier molecular flexibility index (Phi) is 6.17. The third-order valence-electron chi connectivity index (χ3n) is 4.13. The first kappa shape index (κ1) is 18.9. The Balaban J connectivity index is 1.81. The van der Waals surface area contributed by atoms with Crippen LogP contribution in [0.15, 0.2) is 96.7 Å². The van der Waals surface area contributed by atoms with E-state index in [-0.39, 0.29) is 11.4 Å². The molecule has 0 heterocycles. The summed E-state index contributed by atoms with van der Waals surface area (Å²) in [5, 5.41) is 15.2. The summed E-state index contributed by atoms with van der Waals surface area (Å²) in [7, 11) is 0. The largest absolute Gasteiger partial charge is 0.360 e. The zero-order chi connectivity index (χ0) is 19.8. The minimum Gasteiger partial charge on any atom is -0.360 e. The molecule has 0 radical (unpaired) electrons. The highest BCUT2D eigenvalue weighted by atomic mass is 19.1. The Labute approximate surface area is 163 Å². The van der Waals surface area contributed by atoms with Crippen LogP contribution in [0.1, 0.15) is 17.2 Å². The Morgan fingerprint density at radius 1 is 0.893 bits per heavy atom. The molecular formula is C23H18FN3O. The number of hydrogen-bond donors (Lipinski definition) is 2. The van der Waals surface area contributed by atoms with E-state index in [1.54, 1.807) is 0 Å². The summed E-state index contributed by atoms with van der Waals surface area (Å²) in [4.78, 5) is 12.7. The molecule has 0 saturated carbocycles. The fourth-order valence-corrected chi connectivity index (χ4v) is 2.71. The lowest BCUT2D eigenvalue weighted by atomic mass is 9.98. The Hall–Kier alpha value is -3.91. The van der Waals surface area contributed by atoms with Crippen LogP contribution in [0.5, 0.6) is 0 Å². The average molecular weight is 371 g/mol. The maximum Gasteiger partial charge on any atom is 0.264 e. The van der Waals surface area contributed by atoms with Gasteiger partial charge in [0.05, 0.1) is 6.04 Å². The molecule has 2 N–H and O–H groups in total. The third-order valence-corrected chi connectivity index (χ3v) is 4.13. The molecule has 0 saturated heterocycles. The molecule has 0 spiro atoms. The maximum atomic E-state index is 13.0. The van der Waals surface area contributed by atoms with Crippen LogP contribution in [-0.4, -0.2) is 5.91 Å². The minimum absolute atomic E-state index is 0.0822. The smallest absolute Gasteiger partial charge is 0.264 e. The molecular weight excluding hydrogens is 353 g/mol. The molecule has 0 bridgehead atoms. The molecule has 3 aromatic carbocycles. The third kappa shape index (κ3) is 4.83. The summed E-state index contributed by atoms with van der Waals surface area (Å²) in [5.41, 5.74) is 2.31. The Morgan fingerprint density at radius 3 is 1.93 bits per heavy atom. The van der Waals surface area contributed by atoms with Gasteiger partial charge in [-0.25, -0.2) is 4.39 Å². The molecule has 0 aliphatic rings. The van der Waals surface area contributed by atoms with Gasteiger partial charge in [-0.2, -0.15) is 5.26 Å². The van der Waals surface area contributed by atoms with Crippen LogP contribution >= 0.6 is 0 Å². The van der Waals surface area contributed by atoms with Crippen molar-refractivity contribution in [3.63, 3.8) is 0 Å². The maximum absolute atomic E-state index is 13.0. The molecule has 3 aromatic rings. The van der Waals surface area contributed by atoms with E-state index in [1.807, 2.05) is 66.7 Å². The number of carbonyl (C=O) groups excluding carboxylic acids is 1. The summed E-state index contributed by atoms with van der Waals surface area (Å²) >= 11 is 0. The van der Waals surface area contributed by atoms with E-state index >= 15 is 0 Å². The van der Waals surface area contributed by atoms with Crippen molar-refractivity contribution in [2.75, 3.05) is 5.32 Å². The molecule has 1 amide bonds. The van der Waals surface area contributed by atoms with E-state index in [0.29, 0.717) is 5.69 Å². The molecule has 28 heavy (non-hydrogen) atoms. The topological polar surface area (TPSA) is 64.9 Å². The van der Waals surface area contributed by atoms with Gasteiger partial charge in [0.1, 0.15) is 17.5 Å². The quantitative estimate of drug-likeness (QED) is 0.493. The van der Waals surface area contributed by atoms with Crippen molar-refractivity contribution in [1.82, 2.24) is 5.32 Å². The molecule has 3 rings (SSSR count). The van der Waals surface area contributed by atoms with Gasteiger partial charge < -0.3 is 10.6 Å². The number of anilines is 1. The number of carbonyl (C=O) groups is 1. The van der Waals surface area contributed by atoms with Crippen molar-refractivity contribution in [2.24, 2.45) is 0 Å². The van der Waals surface area contributed by atoms with E-state index in [2.05, 4.69) is 10.6 Å². The predicted molar refractivity (Wildman–Crippen MR) is 107 cm³/mol. The lowest BCUT2D eigenvalue weighted by molar-refractivity contribution is -0.117. The van der Waals surface area contributed by atoms with E-state index in [1.165, 1.54) is 30.5 Å². The van der Waals surface area contributed by atoms with Crippen LogP contribution in [0.2, 0.25) is 0 Å². The van der Waals surface area contributed by atoms with Gasteiger partial charge in [-0.15, -0.1) is 0 Å². The highest BCUT2D eigenvalue weighted by molar-refractivity contribution is 5.98. The fourth-order valence-electron chi connectivity index (χ4n) is 2.71.